The Morgan fingerprint density at radius 2 is 2.09 bits per heavy atom. The van der Waals surface area contributed by atoms with Gasteiger partial charge in [0.25, 0.3) is 0 Å². The van der Waals surface area contributed by atoms with Gasteiger partial charge in [0.1, 0.15) is 5.75 Å². The summed E-state index contributed by atoms with van der Waals surface area (Å²) in [6.07, 6.45) is 5.03. The molecule has 2 unspecified atom stereocenters. The Labute approximate surface area is 132 Å². The lowest BCUT2D eigenvalue weighted by molar-refractivity contribution is 0.156. The van der Waals surface area contributed by atoms with E-state index in [4.69, 9.17) is 4.74 Å². The molecule has 1 aliphatic rings. The minimum absolute atomic E-state index is 0.0440. The van der Waals surface area contributed by atoms with E-state index in [1.165, 1.54) is 0 Å². The van der Waals surface area contributed by atoms with Crippen LogP contribution in [0.25, 0.3) is 0 Å². The third kappa shape index (κ3) is 4.63. The van der Waals surface area contributed by atoms with Gasteiger partial charge in [-0.1, -0.05) is 31.9 Å². The van der Waals surface area contributed by atoms with Crippen molar-refractivity contribution in [3.8, 4) is 5.75 Å². The summed E-state index contributed by atoms with van der Waals surface area (Å²) in [7, 11) is 0. The van der Waals surface area contributed by atoms with Crippen LogP contribution in [-0.4, -0.2) is 30.4 Å². The number of benzene rings is 1. The van der Waals surface area contributed by atoms with Gasteiger partial charge < -0.3 is 20.5 Å². The van der Waals surface area contributed by atoms with Crippen LogP contribution >= 0.6 is 0 Å². The second-order valence-electron chi connectivity index (χ2n) is 5.78. The Morgan fingerprint density at radius 3 is 2.86 bits per heavy atom. The summed E-state index contributed by atoms with van der Waals surface area (Å²) in [6, 6.07) is 7.24. The van der Waals surface area contributed by atoms with Crippen LogP contribution in [0.4, 0.5) is 10.5 Å². The Kier molecular flexibility index (Phi) is 6.52. The molecular weight excluding hydrogens is 280 g/mol. The molecule has 0 spiro atoms. The number of aliphatic hydroxyl groups is 1. The number of carbonyl (C=O) groups is 1. The first-order valence-corrected chi connectivity index (χ1v) is 8.14. The van der Waals surface area contributed by atoms with E-state index in [9.17, 15) is 9.90 Å². The van der Waals surface area contributed by atoms with E-state index in [2.05, 4.69) is 10.6 Å². The van der Waals surface area contributed by atoms with Crippen LogP contribution in [0.5, 0.6) is 5.75 Å². The molecule has 0 bridgehead atoms. The molecule has 0 aliphatic heterocycles. The summed E-state index contributed by atoms with van der Waals surface area (Å²) in [4.78, 5) is 12.2. The first kappa shape index (κ1) is 16.6. The first-order valence-electron chi connectivity index (χ1n) is 8.14. The summed E-state index contributed by atoms with van der Waals surface area (Å²) < 4.78 is 5.64. The number of urea groups is 1. The molecule has 1 saturated carbocycles. The Hall–Kier alpha value is -1.75. The molecule has 2 atom stereocenters. The van der Waals surface area contributed by atoms with Crippen molar-refractivity contribution in [1.82, 2.24) is 5.32 Å². The molecule has 22 heavy (non-hydrogen) atoms. The number of hydrogen-bond donors (Lipinski definition) is 3. The van der Waals surface area contributed by atoms with Crippen molar-refractivity contribution in [2.75, 3.05) is 18.5 Å². The zero-order valence-corrected chi connectivity index (χ0v) is 13.2. The highest BCUT2D eigenvalue weighted by molar-refractivity contribution is 5.91. The lowest BCUT2D eigenvalue weighted by Crippen LogP contribution is -2.45. The van der Waals surface area contributed by atoms with Crippen LogP contribution in [0.1, 0.15) is 39.0 Å². The molecule has 3 N–H and O–H groups in total. The van der Waals surface area contributed by atoms with E-state index < -0.39 is 0 Å². The summed E-state index contributed by atoms with van der Waals surface area (Å²) in [5.41, 5.74) is 0.671. The van der Waals surface area contributed by atoms with Gasteiger partial charge >= 0.3 is 6.03 Å². The largest absolute Gasteiger partial charge is 0.491 e. The SMILES string of the molecule is CCCOc1ccccc1NC(=O)NC1CCCCC1CO. The number of nitrogens with one attached hydrogen (secondary N) is 2. The van der Waals surface area contributed by atoms with Gasteiger partial charge in [0.2, 0.25) is 0 Å². The van der Waals surface area contributed by atoms with E-state index in [0.29, 0.717) is 18.0 Å². The summed E-state index contributed by atoms with van der Waals surface area (Å²) in [5.74, 6) is 0.841. The van der Waals surface area contributed by atoms with Crippen molar-refractivity contribution in [2.24, 2.45) is 5.92 Å². The van der Waals surface area contributed by atoms with Crippen LogP contribution in [-0.2, 0) is 0 Å². The van der Waals surface area contributed by atoms with E-state index in [0.717, 1.165) is 32.1 Å². The fraction of sp³-hybridized carbons (Fsp3) is 0.588. The minimum atomic E-state index is -0.238. The van der Waals surface area contributed by atoms with Crippen LogP contribution in [0.15, 0.2) is 24.3 Å². The first-order chi connectivity index (χ1) is 10.7. The zero-order chi connectivity index (χ0) is 15.8. The van der Waals surface area contributed by atoms with Crippen molar-refractivity contribution < 1.29 is 14.6 Å². The van der Waals surface area contributed by atoms with Gasteiger partial charge in [-0.3, -0.25) is 0 Å². The van der Waals surface area contributed by atoms with Crippen LogP contribution in [0.2, 0.25) is 0 Å². The highest BCUT2D eigenvalue weighted by Gasteiger charge is 2.25. The molecule has 5 nitrogen and oxygen atoms in total. The van der Waals surface area contributed by atoms with Crippen molar-refractivity contribution in [1.29, 1.82) is 0 Å². The molecule has 2 rings (SSSR count). The smallest absolute Gasteiger partial charge is 0.319 e. The molecule has 0 saturated heterocycles. The fourth-order valence-corrected chi connectivity index (χ4v) is 2.85. The minimum Gasteiger partial charge on any atom is -0.491 e. The second-order valence-corrected chi connectivity index (χ2v) is 5.78. The predicted molar refractivity (Wildman–Crippen MR) is 87.2 cm³/mol. The van der Waals surface area contributed by atoms with Gasteiger partial charge in [0.15, 0.2) is 0 Å². The summed E-state index contributed by atoms with van der Waals surface area (Å²) in [6.45, 7) is 2.79. The number of para-hydroxylation sites is 2. The number of anilines is 1. The molecule has 0 aromatic heterocycles. The fourth-order valence-electron chi connectivity index (χ4n) is 2.85. The van der Waals surface area contributed by atoms with Crippen LogP contribution < -0.4 is 15.4 Å². The molecule has 0 radical (unpaired) electrons. The van der Waals surface area contributed by atoms with E-state index in [1.807, 2.05) is 31.2 Å². The highest BCUT2D eigenvalue weighted by atomic mass is 16.5. The zero-order valence-electron chi connectivity index (χ0n) is 13.2. The van der Waals surface area contributed by atoms with Crippen molar-refractivity contribution in [3.63, 3.8) is 0 Å². The van der Waals surface area contributed by atoms with Crippen LogP contribution in [0.3, 0.4) is 0 Å². The van der Waals surface area contributed by atoms with Crippen molar-refractivity contribution >= 4 is 11.7 Å². The molecule has 1 aliphatic carbocycles. The lowest BCUT2D eigenvalue weighted by Gasteiger charge is -2.30. The van der Waals surface area contributed by atoms with Crippen molar-refractivity contribution in [2.45, 2.75) is 45.1 Å². The van der Waals surface area contributed by atoms with Crippen molar-refractivity contribution in [3.05, 3.63) is 24.3 Å². The monoisotopic (exact) mass is 306 g/mol. The Bertz CT molecular complexity index is 479. The highest BCUT2D eigenvalue weighted by Crippen LogP contribution is 2.26. The molecule has 1 aromatic rings. The number of aliphatic hydroxyl groups excluding tert-OH is 1. The Morgan fingerprint density at radius 1 is 1.32 bits per heavy atom. The quantitative estimate of drug-likeness (QED) is 0.756. The third-order valence-corrected chi connectivity index (χ3v) is 4.06. The lowest BCUT2D eigenvalue weighted by atomic mass is 9.85. The second kappa shape index (κ2) is 8.63. The van der Waals surface area contributed by atoms with Gasteiger partial charge in [-0.2, -0.15) is 0 Å². The maximum absolute atomic E-state index is 12.2. The molecule has 2 amide bonds. The normalized spacial score (nSPS) is 21.2. The predicted octanol–water partition coefficient (Wildman–Crippen LogP) is 3.15. The molecule has 5 heteroatoms. The summed E-state index contributed by atoms with van der Waals surface area (Å²) in [5, 5.41) is 15.3. The number of carbonyl (C=O) groups excluding carboxylic acids is 1. The maximum Gasteiger partial charge on any atom is 0.319 e. The average molecular weight is 306 g/mol. The molecule has 1 aromatic carbocycles. The standard InChI is InChI=1S/C17H26N2O3/c1-2-11-22-16-10-6-5-9-15(16)19-17(21)18-14-8-4-3-7-13(14)12-20/h5-6,9-10,13-14,20H,2-4,7-8,11-12H2,1H3,(H2,18,19,21). The van der Waals surface area contributed by atoms with Gasteiger partial charge in [-0.05, 0) is 31.4 Å². The molecule has 0 heterocycles. The Balaban J connectivity index is 1.94. The molecule has 1 fully saturated rings. The van der Waals surface area contributed by atoms with Gasteiger partial charge in [0, 0.05) is 18.6 Å². The average Bonchev–Trinajstić information content (AvgIpc) is 2.54. The number of ether oxygens (including phenoxy) is 1. The topological polar surface area (TPSA) is 70.6 Å². The van der Waals surface area contributed by atoms with Gasteiger partial charge in [-0.15, -0.1) is 0 Å². The molecular formula is C17H26N2O3. The third-order valence-electron chi connectivity index (χ3n) is 4.06. The van der Waals surface area contributed by atoms with Gasteiger partial charge in [-0.25, -0.2) is 4.79 Å². The van der Waals surface area contributed by atoms with Crippen LogP contribution in [0, 0.1) is 5.92 Å². The summed E-state index contributed by atoms with van der Waals surface area (Å²) >= 11 is 0. The number of hydrogen-bond acceptors (Lipinski definition) is 3. The number of rotatable bonds is 6. The maximum atomic E-state index is 12.2. The van der Waals surface area contributed by atoms with Gasteiger partial charge in [0.05, 0.1) is 12.3 Å². The van der Waals surface area contributed by atoms with E-state index in [-0.39, 0.29) is 24.6 Å². The van der Waals surface area contributed by atoms with E-state index >= 15 is 0 Å². The molecule has 122 valence electrons. The van der Waals surface area contributed by atoms with E-state index in [1.54, 1.807) is 0 Å². The number of amides is 2.